The van der Waals surface area contributed by atoms with E-state index in [0.29, 0.717) is 26.2 Å². The summed E-state index contributed by atoms with van der Waals surface area (Å²) in [5.41, 5.74) is 1.22. The van der Waals surface area contributed by atoms with Crippen molar-refractivity contribution in [3.63, 3.8) is 0 Å². The van der Waals surface area contributed by atoms with E-state index in [1.165, 1.54) is 18.2 Å². The van der Waals surface area contributed by atoms with E-state index in [9.17, 15) is 14.4 Å². The van der Waals surface area contributed by atoms with Crippen molar-refractivity contribution in [2.45, 2.75) is 6.54 Å². The molecule has 0 aromatic heterocycles. The maximum absolute atomic E-state index is 12.9. The van der Waals surface area contributed by atoms with Crippen LogP contribution in [-0.2, 0) is 11.3 Å². The van der Waals surface area contributed by atoms with Crippen molar-refractivity contribution in [1.29, 1.82) is 0 Å². The zero-order valence-electron chi connectivity index (χ0n) is 17.1. The van der Waals surface area contributed by atoms with E-state index in [0.717, 1.165) is 16.7 Å². The summed E-state index contributed by atoms with van der Waals surface area (Å²) in [5, 5.41) is 0.860. The smallest absolute Gasteiger partial charge is 0.345 e. The quantitative estimate of drug-likeness (QED) is 0.184. The molecule has 0 atom stereocenters. The number of hydrogen-bond donors (Lipinski definition) is 0. The van der Waals surface area contributed by atoms with Gasteiger partial charge < -0.3 is 4.74 Å². The fourth-order valence-electron chi connectivity index (χ4n) is 3.11. The standard InChI is InChI=1S/C24H13Cl4NO4S/c25-14-7-8-16(20(28)11-14)23(31)33-15-4-1-3-13(9-15)10-21-22(30)29(24(32)34-21)12-17-18(26)5-2-6-19(17)27/h1-11H,12H2/b21-10-. The van der Waals surface area contributed by atoms with Crippen LogP contribution < -0.4 is 4.74 Å². The Morgan fingerprint density at radius 3 is 2.32 bits per heavy atom. The maximum Gasteiger partial charge on any atom is 0.345 e. The Hall–Kier alpha value is -2.48. The Bertz CT molecular complexity index is 1340. The van der Waals surface area contributed by atoms with E-state index in [2.05, 4.69) is 0 Å². The lowest BCUT2D eigenvalue weighted by atomic mass is 10.2. The highest BCUT2D eigenvalue weighted by molar-refractivity contribution is 8.18. The van der Waals surface area contributed by atoms with Crippen molar-refractivity contribution in [2.75, 3.05) is 0 Å². The first kappa shape index (κ1) is 24.6. The number of hydrogen-bond acceptors (Lipinski definition) is 5. The topological polar surface area (TPSA) is 63.7 Å². The highest BCUT2D eigenvalue weighted by atomic mass is 35.5. The van der Waals surface area contributed by atoms with Crippen LogP contribution in [-0.4, -0.2) is 22.0 Å². The molecule has 5 nitrogen and oxygen atoms in total. The molecule has 1 fully saturated rings. The van der Waals surface area contributed by atoms with Crippen LogP contribution in [0.4, 0.5) is 4.79 Å². The van der Waals surface area contributed by atoms with Gasteiger partial charge in [0, 0.05) is 20.6 Å². The summed E-state index contributed by atoms with van der Waals surface area (Å²) in [4.78, 5) is 39.1. The van der Waals surface area contributed by atoms with Crippen LogP contribution in [0.2, 0.25) is 20.1 Å². The molecule has 3 aromatic rings. The second-order valence-electron chi connectivity index (χ2n) is 7.05. The molecule has 4 rings (SSSR count). The number of carbonyl (C=O) groups is 3. The van der Waals surface area contributed by atoms with Gasteiger partial charge in [-0.15, -0.1) is 0 Å². The van der Waals surface area contributed by atoms with Crippen molar-refractivity contribution in [2.24, 2.45) is 0 Å². The minimum Gasteiger partial charge on any atom is -0.423 e. The third-order valence-corrected chi connectivity index (χ3v) is 6.93. The van der Waals surface area contributed by atoms with Crippen molar-refractivity contribution < 1.29 is 19.1 Å². The Morgan fingerprint density at radius 1 is 0.912 bits per heavy atom. The lowest BCUT2D eigenvalue weighted by Crippen LogP contribution is -2.27. The van der Waals surface area contributed by atoms with E-state index in [1.807, 2.05) is 0 Å². The Kier molecular flexibility index (Phi) is 7.55. The summed E-state index contributed by atoms with van der Waals surface area (Å²) >= 11 is 25.1. The molecule has 1 saturated heterocycles. The highest BCUT2D eigenvalue weighted by Crippen LogP contribution is 2.36. The summed E-state index contributed by atoms with van der Waals surface area (Å²) in [7, 11) is 0. The Labute approximate surface area is 219 Å². The van der Waals surface area contributed by atoms with Gasteiger partial charge in [-0.3, -0.25) is 14.5 Å². The first-order valence-electron chi connectivity index (χ1n) is 9.68. The van der Waals surface area contributed by atoms with Crippen molar-refractivity contribution in [3.05, 3.63) is 102 Å². The van der Waals surface area contributed by atoms with Gasteiger partial charge in [0.15, 0.2) is 0 Å². The minimum absolute atomic E-state index is 0.0416. The molecule has 3 aromatic carbocycles. The van der Waals surface area contributed by atoms with Crippen LogP contribution in [0.25, 0.3) is 6.08 Å². The molecule has 0 spiro atoms. The summed E-state index contributed by atoms with van der Waals surface area (Å²) in [6, 6.07) is 15.9. The molecule has 0 unspecified atom stereocenters. The molecule has 1 aliphatic rings. The normalized spacial score (nSPS) is 14.7. The molecule has 0 saturated carbocycles. The van der Waals surface area contributed by atoms with Gasteiger partial charge in [-0.2, -0.15) is 0 Å². The van der Waals surface area contributed by atoms with E-state index in [1.54, 1.807) is 48.5 Å². The van der Waals surface area contributed by atoms with Crippen molar-refractivity contribution >= 4 is 81.4 Å². The highest BCUT2D eigenvalue weighted by Gasteiger charge is 2.35. The third-order valence-electron chi connectivity index (χ3n) is 4.77. The van der Waals surface area contributed by atoms with Gasteiger partial charge in [-0.05, 0) is 65.9 Å². The van der Waals surface area contributed by atoms with Gasteiger partial charge in [0.2, 0.25) is 0 Å². The fourth-order valence-corrected chi connectivity index (χ4v) is 4.95. The maximum atomic E-state index is 12.9. The second-order valence-corrected chi connectivity index (χ2v) is 9.71. The zero-order chi connectivity index (χ0) is 24.4. The van der Waals surface area contributed by atoms with Gasteiger partial charge in [-0.25, -0.2) is 4.79 Å². The number of rotatable bonds is 5. The summed E-state index contributed by atoms with van der Waals surface area (Å²) in [6.45, 7) is -0.0416. The van der Waals surface area contributed by atoms with Crippen LogP contribution in [0, 0.1) is 0 Å². The lowest BCUT2D eigenvalue weighted by Gasteiger charge is -2.14. The van der Waals surface area contributed by atoms with E-state index < -0.39 is 17.1 Å². The van der Waals surface area contributed by atoms with Gasteiger partial charge in [0.25, 0.3) is 11.1 Å². The molecular formula is C24H13Cl4NO4S. The molecular weight excluding hydrogens is 540 g/mol. The average molecular weight is 553 g/mol. The van der Waals surface area contributed by atoms with Crippen molar-refractivity contribution in [1.82, 2.24) is 4.90 Å². The van der Waals surface area contributed by atoms with Gasteiger partial charge in [0.05, 0.1) is 22.0 Å². The molecule has 1 aliphatic heterocycles. The summed E-state index contributed by atoms with van der Waals surface area (Å²) in [6.07, 6.45) is 1.55. The predicted octanol–water partition coefficient (Wildman–Crippen LogP) is 7.76. The Balaban J connectivity index is 1.52. The molecule has 0 bridgehead atoms. The molecule has 0 N–H and O–H groups in total. The number of halogens is 4. The summed E-state index contributed by atoms with van der Waals surface area (Å²) < 4.78 is 5.41. The van der Waals surface area contributed by atoms with Gasteiger partial charge in [0.1, 0.15) is 5.75 Å². The molecule has 34 heavy (non-hydrogen) atoms. The second kappa shape index (κ2) is 10.4. The SMILES string of the molecule is O=C(Oc1cccc(/C=C2\SC(=O)N(Cc3c(Cl)cccc3Cl)C2=O)c1)c1ccc(Cl)cc1Cl. The number of esters is 1. The third kappa shape index (κ3) is 5.43. The fraction of sp³-hybridized carbons (Fsp3) is 0.0417. The van der Waals surface area contributed by atoms with Crippen molar-refractivity contribution in [3.8, 4) is 5.75 Å². The number of ether oxygens (including phenoxy) is 1. The zero-order valence-corrected chi connectivity index (χ0v) is 20.9. The number of nitrogens with zero attached hydrogens (tertiary/aromatic N) is 1. The van der Waals surface area contributed by atoms with Crippen LogP contribution in [0.15, 0.2) is 65.6 Å². The molecule has 0 radical (unpaired) electrons. The number of carbonyl (C=O) groups excluding carboxylic acids is 3. The van der Waals surface area contributed by atoms with E-state index in [4.69, 9.17) is 51.1 Å². The number of imide groups is 1. The van der Waals surface area contributed by atoms with Crippen LogP contribution >= 0.6 is 58.2 Å². The lowest BCUT2D eigenvalue weighted by molar-refractivity contribution is -0.123. The van der Waals surface area contributed by atoms with E-state index >= 15 is 0 Å². The largest absolute Gasteiger partial charge is 0.423 e. The molecule has 2 amide bonds. The molecule has 172 valence electrons. The average Bonchev–Trinajstić information content (AvgIpc) is 3.03. The molecule has 10 heteroatoms. The van der Waals surface area contributed by atoms with Crippen LogP contribution in [0.3, 0.4) is 0 Å². The summed E-state index contributed by atoms with van der Waals surface area (Å²) in [5.74, 6) is -0.885. The predicted molar refractivity (Wildman–Crippen MR) is 136 cm³/mol. The minimum atomic E-state index is -0.657. The van der Waals surface area contributed by atoms with Crippen LogP contribution in [0.5, 0.6) is 5.75 Å². The first-order chi connectivity index (χ1) is 16.2. The monoisotopic (exact) mass is 551 g/mol. The molecule has 1 heterocycles. The number of benzene rings is 3. The van der Waals surface area contributed by atoms with Crippen LogP contribution in [0.1, 0.15) is 21.5 Å². The number of amides is 2. The van der Waals surface area contributed by atoms with E-state index in [-0.39, 0.29) is 27.8 Å². The molecule has 0 aliphatic carbocycles. The number of thioether (sulfide) groups is 1. The first-order valence-corrected chi connectivity index (χ1v) is 12.0. The van der Waals surface area contributed by atoms with Gasteiger partial charge in [-0.1, -0.05) is 64.6 Å². The van der Waals surface area contributed by atoms with Gasteiger partial charge >= 0.3 is 5.97 Å². The Morgan fingerprint density at radius 2 is 1.62 bits per heavy atom.